The molecule has 4 heterocycles. The predicted molar refractivity (Wildman–Crippen MR) is 118 cm³/mol. The van der Waals surface area contributed by atoms with Gasteiger partial charge in [-0.1, -0.05) is 11.3 Å². The van der Waals surface area contributed by atoms with Gasteiger partial charge >= 0.3 is 0 Å². The van der Waals surface area contributed by atoms with E-state index < -0.39 is 34.5 Å². The third-order valence-electron chi connectivity index (χ3n) is 6.18. The molecule has 2 aliphatic heterocycles. The van der Waals surface area contributed by atoms with Crippen LogP contribution in [-0.2, 0) is 6.42 Å². The minimum absolute atomic E-state index is 0.0397. The molecule has 0 spiro atoms. The van der Waals surface area contributed by atoms with Crippen molar-refractivity contribution >= 4 is 17.2 Å². The van der Waals surface area contributed by atoms with E-state index >= 15 is 0 Å². The van der Waals surface area contributed by atoms with Gasteiger partial charge in [-0.25, -0.2) is 13.2 Å². The molecule has 178 valence electrons. The van der Waals surface area contributed by atoms with Crippen LogP contribution in [0, 0.1) is 17.5 Å². The highest BCUT2D eigenvalue weighted by Crippen LogP contribution is 2.32. The van der Waals surface area contributed by atoms with Crippen molar-refractivity contribution in [2.24, 2.45) is 0 Å². The Kier molecular flexibility index (Phi) is 5.54. The lowest BCUT2D eigenvalue weighted by Gasteiger charge is -2.48. The number of carbonyl (C=O) groups is 1. The molecule has 12 heteroatoms. The van der Waals surface area contributed by atoms with E-state index in [-0.39, 0.29) is 39.4 Å². The summed E-state index contributed by atoms with van der Waals surface area (Å²) in [6.45, 7) is 2.93. The van der Waals surface area contributed by atoms with Crippen LogP contribution >= 0.6 is 11.3 Å². The molecule has 1 atom stereocenters. The number of piperidine rings is 1. The standard InChI is InChI=1S/C22H20F3N5O3S/c1-2-28-17-5-3-4-6-29(17)30-10-12(19(31)20(32)18(30)22(28)33)21-27-26-16(34-21)8-11-7-14(24)15(25)9-13(11)23/h7,9-10,17,32H,2-6,8H2,1H3/t17-/m1/s1. The highest BCUT2D eigenvalue weighted by atomic mass is 32.1. The van der Waals surface area contributed by atoms with Crippen molar-refractivity contribution in [3.63, 3.8) is 0 Å². The number of aromatic nitrogens is 3. The SMILES string of the molecule is CCN1C(=O)c2c(O)c(=O)c(-c3nnc(Cc4cc(F)c(F)cc4F)s3)cn2N2CCCC[C@H]12. The summed E-state index contributed by atoms with van der Waals surface area (Å²) in [7, 11) is 0. The Bertz CT molecular complexity index is 1360. The molecule has 5 rings (SSSR count). The van der Waals surface area contributed by atoms with Crippen molar-refractivity contribution in [1.82, 2.24) is 19.8 Å². The molecule has 1 aromatic carbocycles. The Labute approximate surface area is 195 Å². The maximum Gasteiger partial charge on any atom is 0.278 e. The largest absolute Gasteiger partial charge is 0.502 e. The van der Waals surface area contributed by atoms with Gasteiger partial charge in [0.2, 0.25) is 5.43 Å². The van der Waals surface area contributed by atoms with Crippen LogP contribution in [0.3, 0.4) is 0 Å². The number of aromatic hydroxyl groups is 1. The second-order valence-corrected chi connectivity index (χ2v) is 9.24. The Balaban J connectivity index is 1.55. The number of carbonyl (C=O) groups excluding carboxylic acids is 1. The van der Waals surface area contributed by atoms with Crippen molar-refractivity contribution in [3.05, 3.63) is 62.3 Å². The highest BCUT2D eigenvalue weighted by molar-refractivity contribution is 7.14. The van der Waals surface area contributed by atoms with Gasteiger partial charge in [0.1, 0.15) is 17.0 Å². The van der Waals surface area contributed by atoms with Crippen LogP contribution in [0.4, 0.5) is 13.2 Å². The average molecular weight is 491 g/mol. The monoisotopic (exact) mass is 491 g/mol. The first-order chi connectivity index (χ1) is 16.3. The van der Waals surface area contributed by atoms with E-state index in [0.29, 0.717) is 19.2 Å². The Hall–Kier alpha value is -3.41. The van der Waals surface area contributed by atoms with Crippen molar-refractivity contribution in [3.8, 4) is 16.3 Å². The minimum Gasteiger partial charge on any atom is -0.502 e. The molecule has 0 bridgehead atoms. The van der Waals surface area contributed by atoms with E-state index in [1.807, 2.05) is 11.9 Å². The molecule has 2 aromatic heterocycles. The van der Waals surface area contributed by atoms with E-state index in [1.54, 1.807) is 4.90 Å². The van der Waals surface area contributed by atoms with Crippen molar-refractivity contribution in [2.75, 3.05) is 18.1 Å². The summed E-state index contributed by atoms with van der Waals surface area (Å²) in [5.74, 6) is -4.48. The van der Waals surface area contributed by atoms with Gasteiger partial charge in [-0.3, -0.25) is 19.3 Å². The predicted octanol–water partition coefficient (Wildman–Crippen LogP) is 3.00. The summed E-state index contributed by atoms with van der Waals surface area (Å²) in [5, 5.41) is 21.0. The quantitative estimate of drug-likeness (QED) is 0.565. The summed E-state index contributed by atoms with van der Waals surface area (Å²) in [6.07, 6.45) is 3.76. The summed E-state index contributed by atoms with van der Waals surface area (Å²) < 4.78 is 42.3. The van der Waals surface area contributed by atoms with Gasteiger partial charge in [-0.05, 0) is 37.8 Å². The molecule has 1 amide bonds. The molecule has 0 aliphatic carbocycles. The Morgan fingerprint density at radius 1 is 1.12 bits per heavy atom. The van der Waals surface area contributed by atoms with Gasteiger partial charge in [0.05, 0.1) is 5.56 Å². The van der Waals surface area contributed by atoms with E-state index in [9.17, 15) is 27.9 Å². The number of hydrogen-bond acceptors (Lipinski definition) is 7. The second kappa shape index (κ2) is 8.42. The van der Waals surface area contributed by atoms with Crippen LogP contribution in [0.15, 0.2) is 23.1 Å². The fourth-order valence-corrected chi connectivity index (χ4v) is 5.40. The summed E-state index contributed by atoms with van der Waals surface area (Å²) in [6, 6.07) is 1.22. The fraction of sp³-hybridized carbons (Fsp3) is 0.364. The number of benzene rings is 1. The molecule has 0 radical (unpaired) electrons. The van der Waals surface area contributed by atoms with E-state index in [1.165, 1.54) is 10.9 Å². The number of pyridine rings is 1. The van der Waals surface area contributed by atoms with Crippen LogP contribution in [0.25, 0.3) is 10.6 Å². The normalized spacial score (nSPS) is 17.6. The van der Waals surface area contributed by atoms with Crippen molar-refractivity contribution in [1.29, 1.82) is 0 Å². The first-order valence-corrected chi connectivity index (χ1v) is 11.6. The molecule has 0 unspecified atom stereocenters. The van der Waals surface area contributed by atoms with Gasteiger partial charge < -0.3 is 10.0 Å². The molecule has 1 fully saturated rings. The highest BCUT2D eigenvalue weighted by Gasteiger charge is 2.40. The maximum atomic E-state index is 14.0. The molecule has 0 saturated carbocycles. The summed E-state index contributed by atoms with van der Waals surface area (Å²) in [5.41, 5.74) is -0.930. The Morgan fingerprint density at radius 2 is 1.88 bits per heavy atom. The van der Waals surface area contributed by atoms with Crippen molar-refractivity contribution < 1.29 is 23.1 Å². The van der Waals surface area contributed by atoms with E-state index in [0.717, 1.165) is 36.7 Å². The van der Waals surface area contributed by atoms with Crippen LogP contribution in [-0.4, -0.2) is 50.0 Å². The molecular formula is C22H20F3N5O3S. The zero-order valence-corrected chi connectivity index (χ0v) is 18.9. The smallest absolute Gasteiger partial charge is 0.278 e. The molecular weight excluding hydrogens is 471 g/mol. The van der Waals surface area contributed by atoms with Gasteiger partial charge in [-0.15, -0.1) is 10.2 Å². The van der Waals surface area contributed by atoms with Gasteiger partial charge in [0.25, 0.3) is 5.91 Å². The molecule has 3 aromatic rings. The van der Waals surface area contributed by atoms with Gasteiger partial charge in [-0.2, -0.15) is 0 Å². The number of fused-ring (bicyclic) bond motifs is 3. The molecule has 8 nitrogen and oxygen atoms in total. The lowest BCUT2D eigenvalue weighted by molar-refractivity contribution is 0.0536. The third-order valence-corrected chi connectivity index (χ3v) is 7.13. The van der Waals surface area contributed by atoms with Crippen LogP contribution in [0.2, 0.25) is 0 Å². The van der Waals surface area contributed by atoms with E-state index in [4.69, 9.17) is 0 Å². The number of nitrogens with zero attached hydrogens (tertiary/aromatic N) is 5. The van der Waals surface area contributed by atoms with Crippen LogP contribution in [0.5, 0.6) is 5.75 Å². The number of hydrogen-bond donors (Lipinski definition) is 1. The van der Waals surface area contributed by atoms with Crippen LogP contribution in [0.1, 0.15) is 47.2 Å². The molecule has 2 aliphatic rings. The lowest BCUT2D eigenvalue weighted by atomic mass is 10.1. The topological polar surface area (TPSA) is 91.6 Å². The Morgan fingerprint density at radius 3 is 2.65 bits per heavy atom. The average Bonchev–Trinajstić information content (AvgIpc) is 3.28. The lowest BCUT2D eigenvalue weighted by Crippen LogP contribution is -2.62. The molecule has 34 heavy (non-hydrogen) atoms. The van der Waals surface area contributed by atoms with Crippen LogP contribution < -0.4 is 10.4 Å². The first kappa shape index (κ1) is 22.4. The van der Waals surface area contributed by atoms with E-state index in [2.05, 4.69) is 10.2 Å². The first-order valence-electron chi connectivity index (χ1n) is 10.8. The third kappa shape index (κ3) is 3.52. The summed E-state index contributed by atoms with van der Waals surface area (Å²) in [4.78, 5) is 27.7. The molecule has 1 N–H and O–H groups in total. The van der Waals surface area contributed by atoms with Gasteiger partial charge in [0.15, 0.2) is 28.1 Å². The van der Waals surface area contributed by atoms with Crippen molar-refractivity contribution in [2.45, 2.75) is 38.8 Å². The van der Waals surface area contributed by atoms with Gasteiger partial charge in [0, 0.05) is 31.8 Å². The number of halogens is 3. The minimum atomic E-state index is -1.29. The zero-order valence-electron chi connectivity index (χ0n) is 18.1. The fourth-order valence-electron chi connectivity index (χ4n) is 4.53. The number of amides is 1. The summed E-state index contributed by atoms with van der Waals surface area (Å²) >= 11 is 0.965. The maximum absolute atomic E-state index is 14.0. The number of rotatable bonds is 4. The second-order valence-electron chi connectivity index (χ2n) is 8.18. The zero-order chi connectivity index (χ0) is 24.1. The molecule has 1 saturated heterocycles.